The molecule has 0 spiro atoms. The van der Waals surface area contributed by atoms with Gasteiger partial charge in [-0.15, -0.1) is 0 Å². The van der Waals surface area contributed by atoms with E-state index in [-0.39, 0.29) is 5.69 Å². The van der Waals surface area contributed by atoms with Gasteiger partial charge in [0.1, 0.15) is 0 Å². The van der Waals surface area contributed by atoms with E-state index >= 15 is 0 Å². The number of hydrogen-bond donors (Lipinski definition) is 0. The summed E-state index contributed by atoms with van der Waals surface area (Å²) in [7, 11) is 0. The highest BCUT2D eigenvalue weighted by molar-refractivity contribution is 9.10. The van der Waals surface area contributed by atoms with Crippen LogP contribution in [0.2, 0.25) is 0 Å². The lowest BCUT2D eigenvalue weighted by molar-refractivity contribution is 0.0520. The second-order valence-corrected chi connectivity index (χ2v) is 4.06. The molecule has 0 saturated carbocycles. The van der Waals surface area contributed by atoms with Crippen molar-refractivity contribution in [2.45, 2.75) is 13.8 Å². The van der Waals surface area contributed by atoms with Crippen LogP contribution in [0.3, 0.4) is 0 Å². The van der Waals surface area contributed by atoms with E-state index in [1.807, 2.05) is 6.92 Å². The summed E-state index contributed by atoms with van der Waals surface area (Å²) in [6, 6.07) is 0. The van der Waals surface area contributed by atoms with Crippen LogP contribution in [-0.4, -0.2) is 26.9 Å². The molecule has 0 fully saturated rings. The zero-order valence-corrected chi connectivity index (χ0v) is 10.5. The van der Waals surface area contributed by atoms with Crippen molar-refractivity contribution in [3.8, 4) is 0 Å². The molecule has 0 aliphatic carbocycles. The molecule has 0 aliphatic heterocycles. The zero-order valence-electron chi connectivity index (χ0n) is 8.90. The third-order valence-corrected chi connectivity index (χ3v) is 2.95. The van der Waals surface area contributed by atoms with Crippen LogP contribution in [0.25, 0.3) is 5.78 Å². The van der Waals surface area contributed by atoms with Crippen molar-refractivity contribution in [2.75, 3.05) is 6.61 Å². The highest BCUT2D eigenvalue weighted by Crippen LogP contribution is 2.16. The molecule has 6 heteroatoms. The predicted octanol–water partition coefficient (Wildman–Crippen LogP) is 1.98. The number of ether oxygens (including phenoxy) is 1. The molecular formula is C10H10BrN3O2. The molecule has 2 aromatic rings. The number of carbonyl (C=O) groups excluding carboxylic acids is 1. The number of aromatic nitrogens is 3. The number of halogens is 1. The Morgan fingerprint density at radius 2 is 2.38 bits per heavy atom. The molecule has 0 N–H and O–H groups in total. The van der Waals surface area contributed by atoms with E-state index in [0.717, 1.165) is 10.2 Å². The Labute approximate surface area is 101 Å². The summed E-state index contributed by atoms with van der Waals surface area (Å²) in [5.41, 5.74) is 1.21. The van der Waals surface area contributed by atoms with Gasteiger partial charge < -0.3 is 4.74 Å². The molecule has 5 nitrogen and oxygen atoms in total. The minimum atomic E-state index is -0.427. The first-order valence-electron chi connectivity index (χ1n) is 4.80. The Morgan fingerprint density at radius 1 is 1.62 bits per heavy atom. The molecule has 16 heavy (non-hydrogen) atoms. The maximum atomic E-state index is 11.5. The van der Waals surface area contributed by atoms with E-state index in [0.29, 0.717) is 12.4 Å². The van der Waals surface area contributed by atoms with Crippen LogP contribution < -0.4 is 0 Å². The number of imidazole rings is 1. The molecule has 0 atom stereocenters. The molecule has 0 amide bonds. The van der Waals surface area contributed by atoms with Gasteiger partial charge in [0.05, 0.1) is 11.1 Å². The average Bonchev–Trinajstić information content (AvgIpc) is 2.69. The van der Waals surface area contributed by atoms with Gasteiger partial charge in [0.25, 0.3) is 0 Å². The smallest absolute Gasteiger partial charge is 0.358 e. The number of aryl methyl sites for hydroxylation is 1. The van der Waals surface area contributed by atoms with Crippen molar-refractivity contribution in [3.63, 3.8) is 0 Å². The number of hydrogen-bond acceptors (Lipinski definition) is 4. The van der Waals surface area contributed by atoms with E-state index in [1.165, 1.54) is 0 Å². The molecule has 0 aromatic carbocycles. The first-order chi connectivity index (χ1) is 7.63. The maximum Gasteiger partial charge on any atom is 0.358 e. The van der Waals surface area contributed by atoms with Gasteiger partial charge in [-0.3, -0.25) is 4.40 Å². The largest absolute Gasteiger partial charge is 0.461 e. The second-order valence-electron chi connectivity index (χ2n) is 3.21. The molecule has 2 heterocycles. The van der Waals surface area contributed by atoms with E-state index < -0.39 is 5.97 Å². The molecule has 0 saturated heterocycles. The Balaban J connectivity index is 2.52. The molecule has 0 aliphatic rings. The SMILES string of the molecule is CCOC(=O)c1cn2c(C)c(Br)cnc2n1. The third kappa shape index (κ3) is 1.80. The molecular weight excluding hydrogens is 274 g/mol. The molecule has 2 aromatic heterocycles. The van der Waals surface area contributed by atoms with Crippen molar-refractivity contribution in [1.29, 1.82) is 0 Å². The van der Waals surface area contributed by atoms with Crippen molar-refractivity contribution in [2.24, 2.45) is 0 Å². The predicted molar refractivity (Wildman–Crippen MR) is 61.4 cm³/mol. The lowest BCUT2D eigenvalue weighted by Gasteiger charge is -1.99. The molecule has 2 rings (SSSR count). The Bertz CT molecular complexity index is 550. The van der Waals surface area contributed by atoms with Crippen molar-refractivity contribution in [1.82, 2.24) is 14.4 Å². The van der Waals surface area contributed by atoms with Crippen LogP contribution in [0.4, 0.5) is 0 Å². The number of carbonyl (C=O) groups is 1. The van der Waals surface area contributed by atoms with Gasteiger partial charge in [0.15, 0.2) is 5.69 Å². The summed E-state index contributed by atoms with van der Waals surface area (Å²) >= 11 is 3.37. The third-order valence-electron chi connectivity index (χ3n) is 2.17. The summed E-state index contributed by atoms with van der Waals surface area (Å²) in [5.74, 6) is 0.0623. The number of esters is 1. The molecule has 84 valence electrons. The second kappa shape index (κ2) is 4.21. The van der Waals surface area contributed by atoms with Crippen molar-refractivity contribution < 1.29 is 9.53 Å². The maximum absolute atomic E-state index is 11.5. The van der Waals surface area contributed by atoms with E-state index in [9.17, 15) is 4.79 Å². The molecule has 0 radical (unpaired) electrons. The quantitative estimate of drug-likeness (QED) is 0.791. The monoisotopic (exact) mass is 283 g/mol. The fraction of sp³-hybridized carbons (Fsp3) is 0.300. The number of rotatable bonds is 2. The summed E-state index contributed by atoms with van der Waals surface area (Å²) in [6.07, 6.45) is 3.28. The Morgan fingerprint density at radius 3 is 3.06 bits per heavy atom. The first-order valence-corrected chi connectivity index (χ1v) is 5.60. The van der Waals surface area contributed by atoms with Crippen molar-refractivity contribution >= 4 is 27.7 Å². The van der Waals surface area contributed by atoms with Gasteiger partial charge in [-0.25, -0.2) is 14.8 Å². The Hall–Kier alpha value is -1.43. The van der Waals surface area contributed by atoms with E-state index in [2.05, 4.69) is 25.9 Å². The fourth-order valence-corrected chi connectivity index (χ4v) is 1.63. The fourth-order valence-electron chi connectivity index (χ4n) is 1.33. The van der Waals surface area contributed by atoms with Gasteiger partial charge in [0, 0.05) is 18.1 Å². The number of fused-ring (bicyclic) bond motifs is 1. The molecule has 0 unspecified atom stereocenters. The van der Waals surface area contributed by atoms with E-state index in [1.54, 1.807) is 23.7 Å². The van der Waals surface area contributed by atoms with Crippen LogP contribution in [-0.2, 0) is 4.74 Å². The van der Waals surface area contributed by atoms with Crippen LogP contribution in [0.1, 0.15) is 23.1 Å². The summed E-state index contributed by atoms with van der Waals surface area (Å²) in [4.78, 5) is 19.7. The lowest BCUT2D eigenvalue weighted by atomic mass is 10.4. The molecule has 0 bridgehead atoms. The van der Waals surface area contributed by atoms with E-state index in [4.69, 9.17) is 4.74 Å². The van der Waals surface area contributed by atoms with Gasteiger partial charge in [0.2, 0.25) is 5.78 Å². The summed E-state index contributed by atoms with van der Waals surface area (Å²) in [6.45, 7) is 4.01. The Kier molecular flexibility index (Phi) is 2.91. The zero-order chi connectivity index (χ0) is 11.7. The average molecular weight is 284 g/mol. The van der Waals surface area contributed by atoms with Crippen LogP contribution in [0.5, 0.6) is 0 Å². The standard InChI is InChI=1S/C10H10BrN3O2/c1-3-16-9(15)8-5-14-6(2)7(11)4-12-10(14)13-8/h4-5H,3H2,1-2H3. The summed E-state index contributed by atoms with van der Waals surface area (Å²) < 4.78 is 7.49. The minimum Gasteiger partial charge on any atom is -0.461 e. The topological polar surface area (TPSA) is 56.5 Å². The van der Waals surface area contributed by atoms with Gasteiger partial charge in [-0.2, -0.15) is 0 Å². The lowest BCUT2D eigenvalue weighted by Crippen LogP contribution is -2.04. The first kappa shape index (κ1) is 11.1. The summed E-state index contributed by atoms with van der Waals surface area (Å²) in [5, 5.41) is 0. The highest BCUT2D eigenvalue weighted by Gasteiger charge is 2.13. The van der Waals surface area contributed by atoms with Crippen molar-refractivity contribution in [3.05, 3.63) is 28.3 Å². The van der Waals surface area contributed by atoms with Crippen LogP contribution >= 0.6 is 15.9 Å². The van der Waals surface area contributed by atoms with Gasteiger partial charge in [-0.05, 0) is 29.8 Å². The normalized spacial score (nSPS) is 10.7. The minimum absolute atomic E-state index is 0.274. The highest BCUT2D eigenvalue weighted by atomic mass is 79.9. The number of nitrogens with zero attached hydrogens (tertiary/aromatic N) is 3. The van der Waals surface area contributed by atoms with Gasteiger partial charge in [-0.1, -0.05) is 0 Å². The van der Waals surface area contributed by atoms with Crippen LogP contribution in [0.15, 0.2) is 16.9 Å². The van der Waals surface area contributed by atoms with Gasteiger partial charge >= 0.3 is 5.97 Å². The van der Waals surface area contributed by atoms with Crippen LogP contribution in [0, 0.1) is 6.92 Å².